The lowest BCUT2D eigenvalue weighted by atomic mass is 10.2. The largest absolute Gasteiger partial charge is 0.285 e. The van der Waals surface area contributed by atoms with E-state index < -0.39 is 0 Å². The number of hydrogen-bond acceptors (Lipinski definition) is 4. The number of aromatic amines is 1. The van der Waals surface area contributed by atoms with E-state index in [1.807, 2.05) is 36.4 Å². The van der Waals surface area contributed by atoms with Crippen LogP contribution in [-0.2, 0) is 0 Å². The van der Waals surface area contributed by atoms with Crippen LogP contribution in [0.1, 0.15) is 0 Å². The van der Waals surface area contributed by atoms with Crippen LogP contribution in [0.4, 0.5) is 0 Å². The van der Waals surface area contributed by atoms with Crippen LogP contribution in [0.5, 0.6) is 0 Å². The van der Waals surface area contributed by atoms with Crippen molar-refractivity contribution in [2.75, 3.05) is 0 Å². The smallest absolute Gasteiger partial charge is 0.266 e. The molecule has 1 aromatic carbocycles. The van der Waals surface area contributed by atoms with E-state index in [1.165, 1.54) is 11.3 Å². The molecule has 0 bridgehead atoms. The highest BCUT2D eigenvalue weighted by Gasteiger charge is 2.07. The summed E-state index contributed by atoms with van der Waals surface area (Å²) in [6.07, 6.45) is 0. The molecule has 5 heteroatoms. The molecule has 78 valence electrons. The minimum Gasteiger partial charge on any atom is -0.266 e. The highest BCUT2D eigenvalue weighted by Crippen LogP contribution is 2.29. The summed E-state index contributed by atoms with van der Waals surface area (Å²) in [6, 6.07) is 11.8. The van der Waals surface area contributed by atoms with Crippen LogP contribution in [0.15, 0.2) is 41.2 Å². The molecule has 0 saturated heterocycles. The fourth-order valence-electron chi connectivity index (χ4n) is 1.54. The molecule has 0 unspecified atom stereocenters. The molecule has 4 nitrogen and oxygen atoms in total. The zero-order valence-corrected chi connectivity index (χ0v) is 8.99. The second-order valence-electron chi connectivity index (χ2n) is 3.33. The van der Waals surface area contributed by atoms with Gasteiger partial charge in [-0.1, -0.05) is 35.5 Å². The van der Waals surface area contributed by atoms with E-state index in [-0.39, 0.29) is 5.56 Å². The van der Waals surface area contributed by atoms with Gasteiger partial charge in [-0.25, -0.2) is 5.10 Å². The minimum atomic E-state index is -0.183. The van der Waals surface area contributed by atoms with Crippen LogP contribution >= 0.6 is 11.3 Å². The topological polar surface area (TPSA) is 58.6 Å². The maximum absolute atomic E-state index is 11.5. The molecular formula is C11H7N3OS. The van der Waals surface area contributed by atoms with Crippen molar-refractivity contribution in [2.24, 2.45) is 0 Å². The lowest BCUT2D eigenvalue weighted by Gasteiger charge is -1.93. The number of H-pyrrole nitrogens is 1. The van der Waals surface area contributed by atoms with Crippen molar-refractivity contribution in [3.8, 4) is 10.4 Å². The van der Waals surface area contributed by atoms with Gasteiger partial charge in [-0.2, -0.15) is 0 Å². The normalized spacial score (nSPS) is 10.8. The first-order valence-corrected chi connectivity index (χ1v) is 5.56. The fourth-order valence-corrected chi connectivity index (χ4v) is 2.53. The number of hydrogen-bond donors (Lipinski definition) is 1. The predicted molar refractivity (Wildman–Crippen MR) is 63.5 cm³/mol. The molecule has 0 fully saturated rings. The third-order valence-electron chi connectivity index (χ3n) is 2.29. The quantitative estimate of drug-likeness (QED) is 0.694. The van der Waals surface area contributed by atoms with Crippen molar-refractivity contribution < 1.29 is 0 Å². The first-order valence-electron chi connectivity index (χ1n) is 4.75. The van der Waals surface area contributed by atoms with Gasteiger partial charge in [0.05, 0.1) is 0 Å². The number of aromatic nitrogens is 3. The van der Waals surface area contributed by atoms with Gasteiger partial charge in [0.15, 0.2) is 0 Å². The first-order chi connectivity index (χ1) is 7.84. The standard InChI is InChI=1S/C11H7N3OS/c15-11-10-8(12-14-13-11)6-9(16-10)7-4-2-1-3-5-7/h1-6H,(H,12,13,15). The van der Waals surface area contributed by atoms with E-state index in [0.29, 0.717) is 10.2 Å². The Morgan fingerprint density at radius 2 is 2.00 bits per heavy atom. The van der Waals surface area contributed by atoms with Gasteiger partial charge in [0, 0.05) is 4.88 Å². The van der Waals surface area contributed by atoms with Gasteiger partial charge < -0.3 is 0 Å². The molecule has 3 rings (SSSR count). The summed E-state index contributed by atoms with van der Waals surface area (Å²) in [7, 11) is 0. The molecule has 3 aromatic rings. The molecule has 0 spiro atoms. The zero-order valence-electron chi connectivity index (χ0n) is 8.18. The summed E-state index contributed by atoms with van der Waals surface area (Å²) in [6.45, 7) is 0. The molecule has 0 saturated carbocycles. The Morgan fingerprint density at radius 1 is 1.19 bits per heavy atom. The Morgan fingerprint density at radius 3 is 2.75 bits per heavy atom. The van der Waals surface area contributed by atoms with E-state index in [9.17, 15) is 4.79 Å². The third-order valence-corrected chi connectivity index (χ3v) is 3.46. The molecule has 0 aliphatic rings. The summed E-state index contributed by atoms with van der Waals surface area (Å²) in [5.41, 5.74) is 1.55. The maximum atomic E-state index is 11.5. The number of thiophene rings is 1. The Bertz CT molecular complexity index is 687. The van der Waals surface area contributed by atoms with Crippen LogP contribution in [-0.4, -0.2) is 15.4 Å². The Balaban J connectivity index is 2.28. The molecule has 0 radical (unpaired) electrons. The summed E-state index contributed by atoms with van der Waals surface area (Å²) < 4.78 is 0.619. The van der Waals surface area contributed by atoms with Crippen LogP contribution in [0, 0.1) is 0 Å². The zero-order chi connectivity index (χ0) is 11.0. The fraction of sp³-hybridized carbons (Fsp3) is 0. The Hall–Kier alpha value is -2.01. The summed E-state index contributed by atoms with van der Waals surface area (Å²) in [4.78, 5) is 12.5. The Labute approximate surface area is 94.6 Å². The van der Waals surface area contributed by atoms with Crippen LogP contribution < -0.4 is 5.56 Å². The van der Waals surface area contributed by atoms with Gasteiger partial charge in [0.2, 0.25) is 0 Å². The molecule has 2 heterocycles. The molecule has 0 aliphatic carbocycles. The van der Waals surface area contributed by atoms with Gasteiger partial charge in [0.25, 0.3) is 5.56 Å². The molecule has 0 amide bonds. The maximum Gasteiger partial charge on any atom is 0.285 e. The average Bonchev–Trinajstić information content (AvgIpc) is 2.76. The van der Waals surface area contributed by atoms with Crippen molar-refractivity contribution >= 4 is 21.6 Å². The minimum absolute atomic E-state index is 0.183. The van der Waals surface area contributed by atoms with Crippen molar-refractivity contribution in [3.05, 3.63) is 46.8 Å². The van der Waals surface area contributed by atoms with Crippen LogP contribution in [0.25, 0.3) is 20.7 Å². The number of benzene rings is 1. The summed E-state index contributed by atoms with van der Waals surface area (Å²) in [5.74, 6) is 0. The molecular weight excluding hydrogens is 222 g/mol. The lowest BCUT2D eigenvalue weighted by Crippen LogP contribution is -2.07. The van der Waals surface area contributed by atoms with Crippen LogP contribution in [0.2, 0.25) is 0 Å². The van der Waals surface area contributed by atoms with Crippen molar-refractivity contribution in [1.82, 2.24) is 15.4 Å². The van der Waals surface area contributed by atoms with E-state index in [0.717, 1.165) is 10.4 Å². The average molecular weight is 229 g/mol. The molecule has 0 aliphatic heterocycles. The molecule has 16 heavy (non-hydrogen) atoms. The first kappa shape index (κ1) is 9.23. The van der Waals surface area contributed by atoms with Crippen molar-refractivity contribution in [2.45, 2.75) is 0 Å². The Kier molecular flexibility index (Phi) is 2.04. The SMILES string of the molecule is O=c1[nH]nnc2cc(-c3ccccc3)sc12. The molecule has 0 atom stereocenters. The van der Waals surface area contributed by atoms with E-state index >= 15 is 0 Å². The van der Waals surface area contributed by atoms with Crippen LogP contribution in [0.3, 0.4) is 0 Å². The summed E-state index contributed by atoms with van der Waals surface area (Å²) in [5, 5.41) is 9.76. The van der Waals surface area contributed by atoms with E-state index in [4.69, 9.17) is 0 Å². The third kappa shape index (κ3) is 1.42. The van der Waals surface area contributed by atoms with Gasteiger partial charge >= 0.3 is 0 Å². The predicted octanol–water partition coefficient (Wildman–Crippen LogP) is 2.05. The molecule has 2 aromatic heterocycles. The van der Waals surface area contributed by atoms with E-state index in [1.54, 1.807) is 0 Å². The lowest BCUT2D eigenvalue weighted by molar-refractivity contribution is 0.875. The molecule has 1 N–H and O–H groups in total. The van der Waals surface area contributed by atoms with Gasteiger partial charge in [-0.3, -0.25) is 4.79 Å². The van der Waals surface area contributed by atoms with Gasteiger partial charge in [0.1, 0.15) is 10.2 Å². The summed E-state index contributed by atoms with van der Waals surface area (Å²) >= 11 is 1.43. The van der Waals surface area contributed by atoms with Gasteiger partial charge in [-0.05, 0) is 11.6 Å². The second-order valence-corrected chi connectivity index (χ2v) is 4.38. The van der Waals surface area contributed by atoms with Crippen molar-refractivity contribution in [1.29, 1.82) is 0 Å². The second kappa shape index (κ2) is 3.53. The number of nitrogens with one attached hydrogen (secondary N) is 1. The highest BCUT2D eigenvalue weighted by molar-refractivity contribution is 7.22. The highest BCUT2D eigenvalue weighted by atomic mass is 32.1. The number of nitrogens with zero attached hydrogens (tertiary/aromatic N) is 2. The van der Waals surface area contributed by atoms with E-state index in [2.05, 4.69) is 15.4 Å². The number of fused-ring (bicyclic) bond motifs is 1. The van der Waals surface area contributed by atoms with Crippen molar-refractivity contribution in [3.63, 3.8) is 0 Å². The monoisotopic (exact) mass is 229 g/mol. The van der Waals surface area contributed by atoms with Gasteiger partial charge in [-0.15, -0.1) is 16.4 Å². The number of rotatable bonds is 1.